The fourth-order valence-electron chi connectivity index (χ4n) is 5.35. The Bertz CT molecular complexity index is 887. The normalized spacial score (nSPS) is 23.1. The number of carboxylic acids is 1. The Morgan fingerprint density at radius 2 is 1.69 bits per heavy atom. The zero-order valence-corrected chi connectivity index (χ0v) is 26.4. The summed E-state index contributed by atoms with van der Waals surface area (Å²) in [6, 6.07) is 10.4. The number of rotatable bonds is 23. The third-order valence-electron chi connectivity index (χ3n) is 7.77. The van der Waals surface area contributed by atoms with E-state index in [-0.39, 0.29) is 43.0 Å². The molecule has 1 saturated carbocycles. The van der Waals surface area contributed by atoms with Gasteiger partial charge in [0.2, 0.25) is 0 Å². The summed E-state index contributed by atoms with van der Waals surface area (Å²) in [6.45, 7) is 9.49. The van der Waals surface area contributed by atoms with Crippen molar-refractivity contribution in [2.75, 3.05) is 13.2 Å². The number of carbonyl (C=O) groups is 1. The zero-order chi connectivity index (χ0) is 30.6. The van der Waals surface area contributed by atoms with E-state index in [0.717, 1.165) is 38.5 Å². The van der Waals surface area contributed by atoms with Crippen molar-refractivity contribution in [2.45, 2.75) is 129 Å². The number of hydrogen-bond donors (Lipinski definition) is 2. The van der Waals surface area contributed by atoms with Crippen molar-refractivity contribution >= 4 is 5.97 Å². The number of aliphatic hydroxyl groups is 1. The first-order valence-corrected chi connectivity index (χ1v) is 16.1. The van der Waals surface area contributed by atoms with E-state index in [1.807, 2.05) is 26.0 Å². The fraction of sp³-hybridized carbons (Fsp3) is 0.686. The Morgan fingerprint density at radius 3 is 2.36 bits per heavy atom. The number of allylic oxidation sites excluding steroid dienone is 2. The summed E-state index contributed by atoms with van der Waals surface area (Å²) in [7, 11) is 0. The third-order valence-corrected chi connectivity index (χ3v) is 7.77. The summed E-state index contributed by atoms with van der Waals surface area (Å²) in [4.78, 5) is 10.8. The minimum atomic E-state index is -0.774. The number of hydrogen-bond acceptors (Lipinski definition) is 6. The highest BCUT2D eigenvalue weighted by molar-refractivity contribution is 5.66. The van der Waals surface area contributed by atoms with Gasteiger partial charge in [0, 0.05) is 32.0 Å². The quantitative estimate of drug-likeness (QED) is 0.0778. The van der Waals surface area contributed by atoms with Crippen LogP contribution in [0.15, 0.2) is 54.6 Å². The summed E-state index contributed by atoms with van der Waals surface area (Å²) >= 11 is 0. The van der Waals surface area contributed by atoms with Crippen LogP contribution in [0.2, 0.25) is 0 Å². The predicted molar refractivity (Wildman–Crippen MR) is 167 cm³/mol. The number of carboxylic acid groups (broad SMARTS) is 1. The number of unbranched alkanes of at least 4 members (excludes halogenated alkanes) is 3. The molecule has 0 saturated heterocycles. The monoisotopic (exact) mass is 588 g/mol. The van der Waals surface area contributed by atoms with Crippen molar-refractivity contribution in [3.63, 3.8) is 0 Å². The van der Waals surface area contributed by atoms with Crippen LogP contribution in [0.25, 0.3) is 0 Å². The molecule has 0 bridgehead atoms. The van der Waals surface area contributed by atoms with Gasteiger partial charge in [-0.3, -0.25) is 4.79 Å². The van der Waals surface area contributed by atoms with Gasteiger partial charge in [-0.05, 0) is 70.3 Å². The number of aliphatic carboxylic acids is 1. The molecule has 1 aromatic rings. The predicted octanol–water partition coefficient (Wildman–Crippen LogP) is 7.47. The Morgan fingerprint density at radius 1 is 1.00 bits per heavy atom. The average molecular weight is 589 g/mol. The third kappa shape index (κ3) is 14.9. The van der Waals surface area contributed by atoms with Crippen LogP contribution in [-0.4, -0.2) is 60.3 Å². The summed E-state index contributed by atoms with van der Waals surface area (Å²) in [5, 5.41) is 20.0. The molecule has 7 heteroatoms. The SMILES string of the molecule is CCCCOC(C)O[C@H](/C=C/[C@@H]1[C@@H](C/C=C\CCCC(=O)O)[C@@H](O)C[C@H]1OC(C)OCCCC)CCc1ccccc1. The smallest absolute Gasteiger partial charge is 0.303 e. The molecule has 0 spiro atoms. The summed E-state index contributed by atoms with van der Waals surface area (Å²) in [5.74, 6) is -0.804. The first-order chi connectivity index (χ1) is 20.3. The standard InChI is InChI=1S/C35H56O7/c1-5-7-24-39-27(3)41-30(21-20-29-16-12-11-13-17-29)22-23-32-31(18-14-9-10-15-19-35(37)38)33(36)26-34(32)42-28(4)40-25-8-6-2/h9,11-14,16-17,22-23,27-28,30-34,36H,5-8,10,15,18-21,24-26H2,1-4H3,(H,37,38)/b14-9-,23-22+/t27?,28?,30-,31+,32+,33-,34+/m0/s1. The molecule has 1 aliphatic carbocycles. The minimum Gasteiger partial charge on any atom is -0.481 e. The van der Waals surface area contributed by atoms with Gasteiger partial charge >= 0.3 is 5.97 Å². The Labute approximate surface area is 254 Å². The first kappa shape index (κ1) is 36.2. The molecule has 7 atom stereocenters. The van der Waals surface area contributed by atoms with Gasteiger partial charge in [0.15, 0.2) is 12.6 Å². The highest BCUT2D eigenvalue weighted by Crippen LogP contribution is 2.39. The van der Waals surface area contributed by atoms with Crippen LogP contribution >= 0.6 is 0 Å². The highest BCUT2D eigenvalue weighted by Gasteiger charge is 2.42. The molecule has 2 N–H and O–H groups in total. The van der Waals surface area contributed by atoms with Gasteiger partial charge in [-0.2, -0.15) is 0 Å². The molecular formula is C35H56O7. The number of ether oxygens (including phenoxy) is 4. The molecule has 0 aliphatic heterocycles. The molecule has 1 aromatic carbocycles. The molecule has 0 radical (unpaired) electrons. The molecule has 0 aromatic heterocycles. The summed E-state index contributed by atoms with van der Waals surface area (Å²) in [5.41, 5.74) is 1.26. The van der Waals surface area contributed by atoms with Crippen molar-refractivity contribution < 1.29 is 34.0 Å². The molecular weight excluding hydrogens is 532 g/mol. The number of aryl methyl sites for hydroxylation is 1. The van der Waals surface area contributed by atoms with Crippen LogP contribution in [-0.2, 0) is 30.2 Å². The largest absolute Gasteiger partial charge is 0.481 e. The average Bonchev–Trinajstić information content (AvgIpc) is 3.25. The maximum atomic E-state index is 11.1. The Balaban J connectivity index is 2.16. The summed E-state index contributed by atoms with van der Waals surface area (Å²) < 4.78 is 24.5. The lowest BCUT2D eigenvalue weighted by atomic mass is 9.89. The van der Waals surface area contributed by atoms with Crippen molar-refractivity contribution in [1.29, 1.82) is 0 Å². The van der Waals surface area contributed by atoms with Crippen LogP contribution in [0, 0.1) is 11.8 Å². The van der Waals surface area contributed by atoms with Crippen LogP contribution < -0.4 is 0 Å². The van der Waals surface area contributed by atoms with Gasteiger partial charge in [0.05, 0.1) is 18.3 Å². The van der Waals surface area contributed by atoms with E-state index >= 15 is 0 Å². The fourth-order valence-corrected chi connectivity index (χ4v) is 5.35. The second-order valence-electron chi connectivity index (χ2n) is 11.4. The van der Waals surface area contributed by atoms with Crippen molar-refractivity contribution in [3.8, 4) is 0 Å². The molecule has 42 heavy (non-hydrogen) atoms. The van der Waals surface area contributed by atoms with E-state index in [0.29, 0.717) is 38.9 Å². The minimum absolute atomic E-state index is 0.0139. The maximum Gasteiger partial charge on any atom is 0.303 e. The van der Waals surface area contributed by atoms with E-state index in [9.17, 15) is 9.90 Å². The molecule has 2 rings (SSSR count). The Hall–Kier alpha value is -2.03. The molecule has 1 fully saturated rings. The van der Waals surface area contributed by atoms with Crippen LogP contribution in [0.3, 0.4) is 0 Å². The van der Waals surface area contributed by atoms with Gasteiger partial charge in [-0.1, -0.05) is 81.3 Å². The Kier molecular flexibility index (Phi) is 18.6. The molecule has 0 heterocycles. The topological polar surface area (TPSA) is 94.5 Å². The molecule has 2 unspecified atom stereocenters. The van der Waals surface area contributed by atoms with E-state index in [1.165, 1.54) is 5.56 Å². The van der Waals surface area contributed by atoms with Gasteiger partial charge in [-0.25, -0.2) is 0 Å². The maximum absolute atomic E-state index is 11.1. The van der Waals surface area contributed by atoms with Crippen LogP contribution in [0.5, 0.6) is 0 Å². The van der Waals surface area contributed by atoms with Gasteiger partial charge in [0.1, 0.15) is 0 Å². The second kappa shape index (κ2) is 21.6. The lowest BCUT2D eigenvalue weighted by Crippen LogP contribution is -2.28. The van der Waals surface area contributed by atoms with Crippen LogP contribution in [0.4, 0.5) is 0 Å². The summed E-state index contributed by atoms with van der Waals surface area (Å²) in [6.07, 6.45) is 15.5. The lowest BCUT2D eigenvalue weighted by molar-refractivity contribution is -0.166. The second-order valence-corrected chi connectivity index (χ2v) is 11.4. The molecule has 0 amide bonds. The molecule has 7 nitrogen and oxygen atoms in total. The van der Waals surface area contributed by atoms with E-state index < -0.39 is 12.1 Å². The first-order valence-electron chi connectivity index (χ1n) is 16.1. The number of benzene rings is 1. The van der Waals surface area contributed by atoms with E-state index in [4.69, 9.17) is 24.1 Å². The van der Waals surface area contributed by atoms with Gasteiger partial charge in [-0.15, -0.1) is 0 Å². The molecule has 238 valence electrons. The van der Waals surface area contributed by atoms with Crippen molar-refractivity contribution in [3.05, 3.63) is 60.2 Å². The van der Waals surface area contributed by atoms with Gasteiger partial charge < -0.3 is 29.2 Å². The zero-order valence-electron chi connectivity index (χ0n) is 26.4. The lowest BCUT2D eigenvalue weighted by Gasteiger charge is -2.26. The van der Waals surface area contributed by atoms with Gasteiger partial charge in [0.25, 0.3) is 0 Å². The number of aliphatic hydroxyl groups excluding tert-OH is 1. The molecule has 1 aliphatic rings. The van der Waals surface area contributed by atoms with Crippen molar-refractivity contribution in [1.82, 2.24) is 0 Å². The van der Waals surface area contributed by atoms with E-state index in [2.05, 4.69) is 56.3 Å². The van der Waals surface area contributed by atoms with Crippen molar-refractivity contribution in [2.24, 2.45) is 11.8 Å². The highest BCUT2D eigenvalue weighted by atomic mass is 16.7. The van der Waals surface area contributed by atoms with Crippen LogP contribution in [0.1, 0.15) is 97.5 Å². The van der Waals surface area contributed by atoms with E-state index in [1.54, 1.807) is 0 Å².